The van der Waals surface area contributed by atoms with E-state index in [1.807, 2.05) is 24.3 Å². The van der Waals surface area contributed by atoms with Crippen LogP contribution in [0.1, 0.15) is 38.5 Å². The number of allylic oxidation sites excluding steroid dienone is 4. The van der Waals surface area contributed by atoms with Gasteiger partial charge in [-0.1, -0.05) is 36.5 Å². The monoisotopic (exact) mass is 252 g/mol. The van der Waals surface area contributed by atoms with Crippen molar-refractivity contribution < 1.29 is 10.2 Å². The molecule has 0 aromatic rings. The Morgan fingerprint density at radius 2 is 1.00 bits per heavy atom. The van der Waals surface area contributed by atoms with Gasteiger partial charge in [-0.3, -0.25) is 0 Å². The van der Waals surface area contributed by atoms with E-state index in [0.717, 1.165) is 38.5 Å². The van der Waals surface area contributed by atoms with Gasteiger partial charge in [-0.05, 0) is 38.5 Å². The molecular formula is C16H28O2. The highest BCUT2D eigenvalue weighted by Gasteiger charge is 1.77. The van der Waals surface area contributed by atoms with E-state index in [1.165, 1.54) is 0 Å². The summed E-state index contributed by atoms with van der Waals surface area (Å²) in [6.07, 6.45) is 17.8. The predicted molar refractivity (Wildman–Crippen MR) is 80.5 cm³/mol. The molecule has 0 heterocycles. The number of unbranched alkanes of at least 4 members (excludes halogenated alkanes) is 4. The summed E-state index contributed by atoms with van der Waals surface area (Å²) in [5.74, 6) is 0. The zero-order chi connectivity index (χ0) is 13.9. The first-order valence-electron chi connectivity index (χ1n) is 6.57. The first-order chi connectivity index (χ1) is 8.83. The molecule has 0 aliphatic heterocycles. The Hall–Kier alpha value is -1.12. The SMILES string of the molecule is C=CCCC/C=C/CO.C=CCCC/C=C\CO. The number of aliphatic hydroxyl groups excluding tert-OH is 2. The average molecular weight is 252 g/mol. The Kier molecular flexibility index (Phi) is 22.6. The van der Waals surface area contributed by atoms with Crippen molar-refractivity contribution >= 4 is 0 Å². The highest BCUT2D eigenvalue weighted by atomic mass is 16.3. The highest BCUT2D eigenvalue weighted by Crippen LogP contribution is 1.96. The number of aliphatic hydroxyl groups is 2. The fourth-order valence-corrected chi connectivity index (χ4v) is 1.14. The molecule has 0 spiro atoms. The second-order valence-electron chi connectivity index (χ2n) is 3.75. The van der Waals surface area contributed by atoms with Crippen molar-refractivity contribution in [3.05, 3.63) is 49.6 Å². The Morgan fingerprint density at radius 1 is 0.611 bits per heavy atom. The molecule has 0 rings (SSSR count). The summed E-state index contributed by atoms with van der Waals surface area (Å²) >= 11 is 0. The van der Waals surface area contributed by atoms with Crippen molar-refractivity contribution in [1.29, 1.82) is 0 Å². The van der Waals surface area contributed by atoms with Crippen LogP contribution in [0.4, 0.5) is 0 Å². The van der Waals surface area contributed by atoms with Crippen LogP contribution in [0, 0.1) is 0 Å². The molecule has 2 heteroatoms. The Bertz CT molecular complexity index is 193. The molecule has 2 nitrogen and oxygen atoms in total. The zero-order valence-corrected chi connectivity index (χ0v) is 11.4. The molecule has 0 aromatic carbocycles. The van der Waals surface area contributed by atoms with Gasteiger partial charge in [0.1, 0.15) is 0 Å². The van der Waals surface area contributed by atoms with Gasteiger partial charge in [0, 0.05) is 0 Å². The third-order valence-electron chi connectivity index (χ3n) is 2.10. The topological polar surface area (TPSA) is 40.5 Å². The average Bonchev–Trinajstić information content (AvgIpc) is 2.39. The minimum absolute atomic E-state index is 0.161. The molecule has 0 atom stereocenters. The molecule has 0 unspecified atom stereocenters. The molecule has 0 aliphatic carbocycles. The lowest BCUT2D eigenvalue weighted by Gasteiger charge is -1.86. The van der Waals surface area contributed by atoms with E-state index in [9.17, 15) is 0 Å². The summed E-state index contributed by atoms with van der Waals surface area (Å²) in [5.41, 5.74) is 0. The molecule has 0 radical (unpaired) electrons. The molecule has 0 aliphatic rings. The van der Waals surface area contributed by atoms with Gasteiger partial charge in [0.05, 0.1) is 13.2 Å². The first-order valence-corrected chi connectivity index (χ1v) is 6.57. The first kappa shape index (κ1) is 19.2. The van der Waals surface area contributed by atoms with Crippen molar-refractivity contribution in [3.8, 4) is 0 Å². The lowest BCUT2D eigenvalue weighted by molar-refractivity contribution is 0.342. The summed E-state index contributed by atoms with van der Waals surface area (Å²) in [4.78, 5) is 0. The van der Waals surface area contributed by atoms with E-state index in [0.29, 0.717) is 0 Å². The Balaban J connectivity index is 0. The lowest BCUT2D eigenvalue weighted by atomic mass is 10.2. The maximum absolute atomic E-state index is 8.32. The quantitative estimate of drug-likeness (QED) is 0.459. The van der Waals surface area contributed by atoms with E-state index in [4.69, 9.17) is 10.2 Å². The molecule has 18 heavy (non-hydrogen) atoms. The molecule has 0 aromatic heterocycles. The van der Waals surface area contributed by atoms with Gasteiger partial charge in [0.25, 0.3) is 0 Å². The van der Waals surface area contributed by atoms with Crippen LogP contribution in [0.2, 0.25) is 0 Å². The zero-order valence-electron chi connectivity index (χ0n) is 11.4. The van der Waals surface area contributed by atoms with Crippen LogP contribution in [-0.4, -0.2) is 23.4 Å². The number of rotatable bonds is 10. The summed E-state index contributed by atoms with van der Waals surface area (Å²) in [7, 11) is 0. The van der Waals surface area contributed by atoms with Crippen LogP contribution in [0.3, 0.4) is 0 Å². The maximum Gasteiger partial charge on any atom is 0.0612 e. The van der Waals surface area contributed by atoms with Crippen molar-refractivity contribution in [2.24, 2.45) is 0 Å². The van der Waals surface area contributed by atoms with E-state index >= 15 is 0 Å². The molecule has 0 bridgehead atoms. The smallest absolute Gasteiger partial charge is 0.0612 e. The number of hydrogen-bond acceptors (Lipinski definition) is 2. The van der Waals surface area contributed by atoms with E-state index < -0.39 is 0 Å². The maximum atomic E-state index is 8.32. The molecular weight excluding hydrogens is 224 g/mol. The lowest BCUT2D eigenvalue weighted by Crippen LogP contribution is -1.72. The van der Waals surface area contributed by atoms with Crippen molar-refractivity contribution in [1.82, 2.24) is 0 Å². The molecule has 0 amide bonds. The van der Waals surface area contributed by atoms with Crippen LogP contribution < -0.4 is 0 Å². The van der Waals surface area contributed by atoms with E-state index in [-0.39, 0.29) is 13.2 Å². The van der Waals surface area contributed by atoms with Gasteiger partial charge in [0.2, 0.25) is 0 Å². The summed E-state index contributed by atoms with van der Waals surface area (Å²) in [5, 5.41) is 16.6. The molecule has 0 fully saturated rings. The van der Waals surface area contributed by atoms with Crippen molar-refractivity contribution in [3.63, 3.8) is 0 Å². The van der Waals surface area contributed by atoms with Gasteiger partial charge in [0.15, 0.2) is 0 Å². The summed E-state index contributed by atoms with van der Waals surface area (Å²) in [6.45, 7) is 7.53. The Labute approximate surface area is 112 Å². The van der Waals surface area contributed by atoms with E-state index in [1.54, 1.807) is 12.2 Å². The van der Waals surface area contributed by atoms with Gasteiger partial charge in [-0.25, -0.2) is 0 Å². The van der Waals surface area contributed by atoms with Gasteiger partial charge in [-0.2, -0.15) is 0 Å². The minimum atomic E-state index is 0.161. The van der Waals surface area contributed by atoms with Crippen molar-refractivity contribution in [2.75, 3.05) is 13.2 Å². The summed E-state index contributed by atoms with van der Waals surface area (Å²) in [6, 6.07) is 0. The minimum Gasteiger partial charge on any atom is -0.392 e. The Morgan fingerprint density at radius 3 is 1.28 bits per heavy atom. The third kappa shape index (κ3) is 24.2. The molecule has 0 saturated heterocycles. The van der Waals surface area contributed by atoms with Crippen LogP contribution in [-0.2, 0) is 0 Å². The fourth-order valence-electron chi connectivity index (χ4n) is 1.14. The van der Waals surface area contributed by atoms with Crippen LogP contribution in [0.25, 0.3) is 0 Å². The highest BCUT2D eigenvalue weighted by molar-refractivity contribution is 4.82. The van der Waals surface area contributed by atoms with Gasteiger partial charge in [-0.15, -0.1) is 13.2 Å². The largest absolute Gasteiger partial charge is 0.392 e. The van der Waals surface area contributed by atoms with Crippen LogP contribution in [0.5, 0.6) is 0 Å². The normalized spacial score (nSPS) is 10.3. The van der Waals surface area contributed by atoms with Gasteiger partial charge < -0.3 is 10.2 Å². The van der Waals surface area contributed by atoms with E-state index in [2.05, 4.69) is 13.2 Å². The molecule has 104 valence electrons. The van der Waals surface area contributed by atoms with Crippen molar-refractivity contribution in [2.45, 2.75) is 38.5 Å². The number of hydrogen-bond donors (Lipinski definition) is 2. The fraction of sp³-hybridized carbons (Fsp3) is 0.500. The second-order valence-corrected chi connectivity index (χ2v) is 3.75. The van der Waals surface area contributed by atoms with Gasteiger partial charge >= 0.3 is 0 Å². The standard InChI is InChI=1S/2C8H14O/c2*1-2-3-4-5-6-7-8-9/h2*2,6-7,9H,1,3-5,8H2/b7-6+;7-6-. The van der Waals surface area contributed by atoms with Crippen LogP contribution >= 0.6 is 0 Å². The van der Waals surface area contributed by atoms with Crippen LogP contribution in [0.15, 0.2) is 49.6 Å². The third-order valence-corrected chi connectivity index (χ3v) is 2.10. The molecule has 0 saturated carbocycles. The summed E-state index contributed by atoms with van der Waals surface area (Å²) < 4.78 is 0. The second kappa shape index (κ2) is 21.2. The molecule has 2 N–H and O–H groups in total. The predicted octanol–water partition coefficient (Wildman–Crippen LogP) is 3.78.